The molecule has 0 amide bonds. The van der Waals surface area contributed by atoms with Crippen molar-refractivity contribution in [3.05, 3.63) is 23.8 Å². The van der Waals surface area contributed by atoms with E-state index in [9.17, 15) is 0 Å². The second kappa shape index (κ2) is 4.86. The molecule has 0 aromatic heterocycles. The van der Waals surface area contributed by atoms with Gasteiger partial charge in [-0.05, 0) is 30.7 Å². The quantitative estimate of drug-likeness (QED) is 0.717. The molecular weight excluding hydrogens is 178 g/mol. The van der Waals surface area contributed by atoms with Gasteiger partial charge >= 0.3 is 0 Å². The van der Waals surface area contributed by atoms with Crippen molar-refractivity contribution >= 4 is 5.69 Å². The topological polar surface area (TPSA) is 55.5 Å². The van der Waals surface area contributed by atoms with Crippen LogP contribution >= 0.6 is 0 Å². The number of hydrogen-bond acceptors (Lipinski definition) is 3. The minimum atomic E-state index is 0.147. The fourth-order valence-electron chi connectivity index (χ4n) is 1.03. The predicted molar refractivity (Wildman–Crippen MR) is 57.3 cm³/mol. The number of aliphatic hydroxyl groups is 1. The minimum Gasteiger partial charge on any atom is -0.493 e. The highest BCUT2D eigenvalue weighted by Crippen LogP contribution is 2.18. The zero-order chi connectivity index (χ0) is 10.6. The summed E-state index contributed by atoms with van der Waals surface area (Å²) in [6.07, 6.45) is 0. The van der Waals surface area contributed by atoms with Gasteiger partial charge in [0.25, 0.3) is 0 Å². The van der Waals surface area contributed by atoms with Crippen molar-refractivity contribution in [2.24, 2.45) is 5.92 Å². The van der Waals surface area contributed by atoms with E-state index in [1.165, 1.54) is 0 Å². The van der Waals surface area contributed by atoms with Crippen LogP contribution in [0.15, 0.2) is 18.2 Å². The molecule has 0 aliphatic rings. The van der Waals surface area contributed by atoms with Crippen LogP contribution in [-0.2, 0) is 0 Å². The molecule has 78 valence electrons. The molecular formula is C11H17NO2. The Labute approximate surface area is 84.5 Å². The minimum absolute atomic E-state index is 0.147. The zero-order valence-electron chi connectivity index (χ0n) is 8.66. The van der Waals surface area contributed by atoms with Gasteiger partial charge < -0.3 is 15.6 Å². The van der Waals surface area contributed by atoms with Gasteiger partial charge in [0, 0.05) is 18.2 Å². The Bertz CT molecular complexity index is 299. The van der Waals surface area contributed by atoms with Gasteiger partial charge in [-0.2, -0.15) is 0 Å². The highest BCUT2D eigenvalue weighted by Gasteiger charge is 2.02. The number of anilines is 1. The van der Waals surface area contributed by atoms with E-state index >= 15 is 0 Å². The lowest BCUT2D eigenvalue weighted by Crippen LogP contribution is -2.12. The van der Waals surface area contributed by atoms with Crippen molar-refractivity contribution in [3.63, 3.8) is 0 Å². The van der Waals surface area contributed by atoms with Crippen LogP contribution in [0.5, 0.6) is 5.75 Å². The molecule has 1 unspecified atom stereocenters. The smallest absolute Gasteiger partial charge is 0.119 e. The molecule has 1 atom stereocenters. The number of hydrogen-bond donors (Lipinski definition) is 2. The highest BCUT2D eigenvalue weighted by atomic mass is 16.5. The molecule has 1 rings (SSSR count). The van der Waals surface area contributed by atoms with E-state index < -0.39 is 0 Å². The average Bonchev–Trinajstić information content (AvgIpc) is 2.19. The van der Waals surface area contributed by atoms with E-state index in [1.807, 2.05) is 32.0 Å². The normalized spacial score (nSPS) is 12.5. The molecule has 1 aromatic carbocycles. The van der Waals surface area contributed by atoms with E-state index in [4.69, 9.17) is 15.6 Å². The van der Waals surface area contributed by atoms with Crippen LogP contribution in [0.1, 0.15) is 12.5 Å². The summed E-state index contributed by atoms with van der Waals surface area (Å²) < 4.78 is 5.48. The Morgan fingerprint density at radius 2 is 2.21 bits per heavy atom. The maximum Gasteiger partial charge on any atom is 0.119 e. The van der Waals surface area contributed by atoms with Gasteiger partial charge in [-0.1, -0.05) is 6.92 Å². The third kappa shape index (κ3) is 2.92. The average molecular weight is 195 g/mol. The first-order chi connectivity index (χ1) is 6.63. The van der Waals surface area contributed by atoms with Crippen LogP contribution in [0.4, 0.5) is 5.69 Å². The molecule has 3 heteroatoms. The number of aryl methyl sites for hydroxylation is 1. The SMILES string of the molecule is Cc1cc(OCC(C)CO)ccc1N. The third-order valence-corrected chi connectivity index (χ3v) is 2.09. The monoisotopic (exact) mass is 195 g/mol. The third-order valence-electron chi connectivity index (χ3n) is 2.09. The molecule has 3 N–H and O–H groups in total. The van der Waals surface area contributed by atoms with E-state index in [0.717, 1.165) is 17.0 Å². The van der Waals surface area contributed by atoms with Crippen LogP contribution < -0.4 is 10.5 Å². The first-order valence-electron chi connectivity index (χ1n) is 4.73. The van der Waals surface area contributed by atoms with Crippen molar-refractivity contribution in [1.29, 1.82) is 0 Å². The molecule has 0 bridgehead atoms. The van der Waals surface area contributed by atoms with Gasteiger partial charge in [-0.3, -0.25) is 0 Å². The van der Waals surface area contributed by atoms with E-state index in [1.54, 1.807) is 0 Å². The molecule has 0 saturated carbocycles. The summed E-state index contributed by atoms with van der Waals surface area (Å²) in [4.78, 5) is 0. The number of nitrogens with two attached hydrogens (primary N) is 1. The van der Waals surface area contributed by atoms with Gasteiger partial charge in [-0.15, -0.1) is 0 Å². The lowest BCUT2D eigenvalue weighted by molar-refractivity contribution is 0.174. The zero-order valence-corrected chi connectivity index (χ0v) is 8.66. The molecule has 0 spiro atoms. The number of aliphatic hydroxyl groups excluding tert-OH is 1. The van der Waals surface area contributed by atoms with Gasteiger partial charge in [-0.25, -0.2) is 0 Å². The molecule has 3 nitrogen and oxygen atoms in total. The van der Waals surface area contributed by atoms with Crippen molar-refractivity contribution in [2.75, 3.05) is 18.9 Å². The van der Waals surface area contributed by atoms with Crippen molar-refractivity contribution in [2.45, 2.75) is 13.8 Å². The molecule has 0 aliphatic carbocycles. The summed E-state index contributed by atoms with van der Waals surface area (Å²) in [5.41, 5.74) is 7.46. The molecule has 0 aliphatic heterocycles. The Hall–Kier alpha value is -1.22. The van der Waals surface area contributed by atoms with Crippen LogP contribution in [0.3, 0.4) is 0 Å². The van der Waals surface area contributed by atoms with Crippen LogP contribution in [-0.4, -0.2) is 18.3 Å². The van der Waals surface area contributed by atoms with Gasteiger partial charge in [0.05, 0.1) is 6.61 Å². The number of nitrogen functional groups attached to an aromatic ring is 1. The largest absolute Gasteiger partial charge is 0.493 e. The van der Waals surface area contributed by atoms with Gasteiger partial charge in [0.2, 0.25) is 0 Å². The Kier molecular flexibility index (Phi) is 3.77. The molecule has 0 heterocycles. The number of ether oxygens (including phenoxy) is 1. The second-order valence-corrected chi connectivity index (χ2v) is 3.62. The van der Waals surface area contributed by atoms with Crippen molar-refractivity contribution < 1.29 is 9.84 Å². The van der Waals surface area contributed by atoms with Crippen molar-refractivity contribution in [1.82, 2.24) is 0 Å². The lowest BCUT2D eigenvalue weighted by atomic mass is 10.2. The fourth-order valence-corrected chi connectivity index (χ4v) is 1.03. The number of rotatable bonds is 4. The predicted octanol–water partition coefficient (Wildman–Crippen LogP) is 1.58. The fraction of sp³-hybridized carbons (Fsp3) is 0.455. The molecule has 1 aromatic rings. The molecule has 14 heavy (non-hydrogen) atoms. The van der Waals surface area contributed by atoms with E-state index in [-0.39, 0.29) is 12.5 Å². The number of benzene rings is 1. The summed E-state index contributed by atoms with van der Waals surface area (Å²) in [6.45, 7) is 4.55. The van der Waals surface area contributed by atoms with Crippen molar-refractivity contribution in [3.8, 4) is 5.75 Å². The summed E-state index contributed by atoms with van der Waals surface area (Å²) >= 11 is 0. The van der Waals surface area contributed by atoms with E-state index in [2.05, 4.69) is 0 Å². The maximum atomic E-state index is 8.81. The summed E-state index contributed by atoms with van der Waals surface area (Å²) in [5, 5.41) is 8.81. The van der Waals surface area contributed by atoms with Gasteiger partial charge in [0.15, 0.2) is 0 Å². The lowest BCUT2D eigenvalue weighted by Gasteiger charge is -2.11. The van der Waals surface area contributed by atoms with E-state index in [0.29, 0.717) is 6.61 Å². The summed E-state index contributed by atoms with van der Waals surface area (Å²) in [5.74, 6) is 0.963. The highest BCUT2D eigenvalue weighted by molar-refractivity contribution is 5.49. The van der Waals surface area contributed by atoms with Gasteiger partial charge in [0.1, 0.15) is 5.75 Å². The molecule has 0 saturated heterocycles. The first kappa shape index (κ1) is 10.9. The van der Waals surface area contributed by atoms with Crippen LogP contribution in [0.25, 0.3) is 0 Å². The second-order valence-electron chi connectivity index (χ2n) is 3.62. The Morgan fingerprint density at radius 3 is 2.79 bits per heavy atom. The standard InChI is InChI=1S/C11H17NO2/c1-8(6-13)7-14-10-3-4-11(12)9(2)5-10/h3-5,8,13H,6-7,12H2,1-2H3. The Balaban J connectivity index is 2.55. The maximum absolute atomic E-state index is 8.81. The van der Waals surface area contributed by atoms with Crippen LogP contribution in [0, 0.1) is 12.8 Å². The molecule has 0 radical (unpaired) electrons. The summed E-state index contributed by atoms with van der Waals surface area (Å²) in [7, 11) is 0. The Morgan fingerprint density at radius 1 is 1.50 bits per heavy atom. The first-order valence-corrected chi connectivity index (χ1v) is 4.73. The molecule has 0 fully saturated rings. The summed E-state index contributed by atoms with van der Waals surface area (Å²) in [6, 6.07) is 5.57. The van der Waals surface area contributed by atoms with Crippen LogP contribution in [0.2, 0.25) is 0 Å².